The topological polar surface area (TPSA) is 54.7 Å². The van der Waals surface area contributed by atoms with E-state index in [-0.39, 0.29) is 6.04 Å². The van der Waals surface area contributed by atoms with E-state index < -0.39 is 0 Å². The number of hydrogen-bond acceptors (Lipinski definition) is 3. The summed E-state index contributed by atoms with van der Waals surface area (Å²) in [4.78, 5) is 11.4. The third kappa shape index (κ3) is 2.90. The van der Waals surface area contributed by atoms with Crippen LogP contribution < -0.4 is 0 Å². The van der Waals surface area contributed by atoms with Gasteiger partial charge in [-0.15, -0.1) is 0 Å². The average molecular weight is 425 g/mol. The number of rotatable bonds is 4. The van der Waals surface area contributed by atoms with Crippen molar-refractivity contribution in [3.8, 4) is 0 Å². The van der Waals surface area contributed by atoms with E-state index in [9.17, 15) is 0 Å². The van der Waals surface area contributed by atoms with Crippen molar-refractivity contribution in [1.29, 1.82) is 0 Å². The molecule has 0 saturated heterocycles. The minimum Gasteiger partial charge on any atom is -0.356 e. The van der Waals surface area contributed by atoms with Crippen molar-refractivity contribution in [2.45, 2.75) is 39.4 Å². The predicted octanol–water partition coefficient (Wildman–Crippen LogP) is 4.73. The summed E-state index contributed by atoms with van der Waals surface area (Å²) in [5, 5.41) is 6.02. The van der Waals surface area contributed by atoms with Gasteiger partial charge in [0.25, 0.3) is 0 Å². The summed E-state index contributed by atoms with van der Waals surface area (Å²) in [5.74, 6) is 1.08. The van der Waals surface area contributed by atoms with Gasteiger partial charge in [-0.3, -0.25) is 9.58 Å². The lowest BCUT2D eigenvalue weighted by molar-refractivity contribution is 0.192. The van der Waals surface area contributed by atoms with Gasteiger partial charge in [-0.2, -0.15) is 5.10 Å². The van der Waals surface area contributed by atoms with Crippen LogP contribution in [0.1, 0.15) is 41.3 Å². The van der Waals surface area contributed by atoms with Gasteiger partial charge >= 0.3 is 0 Å². The maximum Gasteiger partial charge on any atom is 0.133 e. The van der Waals surface area contributed by atoms with E-state index in [1.807, 2.05) is 4.68 Å². The van der Waals surface area contributed by atoms with E-state index >= 15 is 0 Å². The molecule has 0 amide bonds. The number of imidazole rings is 1. The highest BCUT2D eigenvalue weighted by atomic mass is 15.3. The summed E-state index contributed by atoms with van der Waals surface area (Å²) < 4.78 is 4.29. The van der Waals surface area contributed by atoms with Crippen molar-refractivity contribution in [1.82, 2.24) is 29.2 Å². The number of hydrogen-bond donors (Lipinski definition) is 1. The summed E-state index contributed by atoms with van der Waals surface area (Å²) in [6, 6.07) is 17.1. The highest BCUT2D eigenvalue weighted by molar-refractivity contribution is 5.85. The highest BCUT2D eigenvalue weighted by Crippen LogP contribution is 2.39. The fourth-order valence-corrected chi connectivity index (χ4v) is 5.26. The molecule has 0 unspecified atom stereocenters. The summed E-state index contributed by atoms with van der Waals surface area (Å²) in [6.45, 7) is 6.98. The van der Waals surface area contributed by atoms with E-state index in [4.69, 9.17) is 4.98 Å². The van der Waals surface area contributed by atoms with Crippen molar-refractivity contribution in [3.63, 3.8) is 0 Å². The number of aromatic nitrogens is 5. The van der Waals surface area contributed by atoms with Gasteiger partial charge in [-0.25, -0.2) is 4.98 Å². The van der Waals surface area contributed by atoms with E-state index in [1.165, 1.54) is 33.2 Å². The number of benzene rings is 2. The number of aromatic amines is 1. The Morgan fingerprint density at radius 1 is 1.09 bits per heavy atom. The Bertz CT molecular complexity index is 1440. The summed E-state index contributed by atoms with van der Waals surface area (Å²) in [5.41, 5.74) is 8.52. The molecule has 2 aromatic carbocycles. The van der Waals surface area contributed by atoms with Crippen LogP contribution in [0.4, 0.5) is 0 Å². The van der Waals surface area contributed by atoms with Crippen molar-refractivity contribution in [3.05, 3.63) is 83.1 Å². The van der Waals surface area contributed by atoms with Crippen LogP contribution in [0.25, 0.3) is 21.9 Å². The Balaban J connectivity index is 1.52. The first-order chi connectivity index (χ1) is 15.6. The van der Waals surface area contributed by atoms with Crippen LogP contribution in [0, 0.1) is 6.92 Å². The third-order valence-electron chi connectivity index (χ3n) is 6.95. The number of nitrogens with one attached hydrogen (secondary N) is 1. The fraction of sp³-hybridized carbons (Fsp3) is 0.308. The summed E-state index contributed by atoms with van der Waals surface area (Å²) in [7, 11) is 2.14. The summed E-state index contributed by atoms with van der Waals surface area (Å²) in [6.07, 6.45) is 3.22. The Morgan fingerprint density at radius 2 is 1.91 bits per heavy atom. The molecule has 1 N–H and O–H groups in total. The third-order valence-corrected chi connectivity index (χ3v) is 6.95. The molecule has 162 valence electrons. The Hall–Kier alpha value is -3.38. The molecule has 3 aromatic heterocycles. The van der Waals surface area contributed by atoms with Gasteiger partial charge in [0.2, 0.25) is 0 Å². The number of para-hydroxylation sites is 3. The lowest BCUT2D eigenvalue weighted by atomic mass is 9.96. The molecule has 6 nitrogen and oxygen atoms in total. The van der Waals surface area contributed by atoms with Gasteiger partial charge in [-0.1, -0.05) is 30.3 Å². The van der Waals surface area contributed by atoms with Crippen LogP contribution in [0.2, 0.25) is 0 Å². The van der Waals surface area contributed by atoms with Crippen LogP contribution in [0.3, 0.4) is 0 Å². The standard InChI is InChI=1S/C26H28N6/c1-4-32-16-18(17(2)29-32)15-31-14-13-20-19-9-5-6-10-21(19)27-24(20)25(31)26-28-22-11-7-8-12-23(22)30(26)3/h5-12,16,25,27H,4,13-15H2,1-3H3/t25-/m0/s1. The number of fused-ring (bicyclic) bond motifs is 4. The number of nitrogens with zero attached hydrogens (tertiary/aromatic N) is 5. The maximum atomic E-state index is 5.12. The van der Waals surface area contributed by atoms with E-state index in [1.54, 1.807) is 0 Å². The largest absolute Gasteiger partial charge is 0.356 e. The van der Waals surface area contributed by atoms with Gasteiger partial charge in [-0.05, 0) is 44.0 Å². The SMILES string of the molecule is CCn1cc(CN2CCc3c([nH]c4ccccc34)[C@H]2c2nc3ccccc3n2C)c(C)n1. The molecule has 4 heterocycles. The Labute approximate surface area is 187 Å². The average Bonchev–Trinajstić information content (AvgIpc) is 3.47. The quantitative estimate of drug-likeness (QED) is 0.454. The number of H-pyrrole nitrogens is 1. The van der Waals surface area contributed by atoms with Crippen LogP contribution >= 0.6 is 0 Å². The van der Waals surface area contributed by atoms with Gasteiger partial charge in [0.1, 0.15) is 11.9 Å². The molecule has 1 aliphatic rings. The van der Waals surface area contributed by atoms with Gasteiger partial charge in [0, 0.05) is 55.0 Å². The Kier molecular flexibility index (Phi) is 4.43. The second kappa shape index (κ2) is 7.35. The molecule has 6 rings (SSSR count). The van der Waals surface area contributed by atoms with Gasteiger partial charge in [0.05, 0.1) is 16.7 Å². The van der Waals surface area contributed by atoms with Crippen molar-refractivity contribution in [2.24, 2.45) is 7.05 Å². The molecule has 6 heteroatoms. The number of aryl methyl sites for hydroxylation is 3. The fourth-order valence-electron chi connectivity index (χ4n) is 5.26. The molecule has 0 bridgehead atoms. The smallest absolute Gasteiger partial charge is 0.133 e. The Morgan fingerprint density at radius 3 is 2.72 bits per heavy atom. The maximum absolute atomic E-state index is 5.12. The monoisotopic (exact) mass is 424 g/mol. The predicted molar refractivity (Wildman–Crippen MR) is 128 cm³/mol. The molecule has 0 saturated carbocycles. The molecule has 1 atom stereocenters. The lowest BCUT2D eigenvalue weighted by Crippen LogP contribution is -2.37. The second-order valence-electron chi connectivity index (χ2n) is 8.80. The van der Waals surface area contributed by atoms with Crippen molar-refractivity contribution in [2.75, 3.05) is 6.54 Å². The second-order valence-corrected chi connectivity index (χ2v) is 8.80. The van der Waals surface area contributed by atoms with Crippen molar-refractivity contribution < 1.29 is 0 Å². The van der Waals surface area contributed by atoms with Crippen LogP contribution in [0.15, 0.2) is 54.7 Å². The minimum atomic E-state index is 0.0629. The molecule has 5 aromatic rings. The van der Waals surface area contributed by atoms with E-state index in [0.29, 0.717) is 0 Å². The normalized spacial score (nSPS) is 16.8. The molecule has 0 fully saturated rings. The molecule has 0 aliphatic carbocycles. The van der Waals surface area contributed by atoms with Gasteiger partial charge < -0.3 is 9.55 Å². The first-order valence-electron chi connectivity index (χ1n) is 11.4. The van der Waals surface area contributed by atoms with E-state index in [0.717, 1.165) is 43.1 Å². The molecule has 0 spiro atoms. The zero-order chi connectivity index (χ0) is 21.8. The first kappa shape index (κ1) is 19.3. The van der Waals surface area contributed by atoms with Crippen LogP contribution in [-0.2, 0) is 26.6 Å². The zero-order valence-corrected chi connectivity index (χ0v) is 18.8. The molecule has 1 aliphatic heterocycles. The van der Waals surface area contributed by atoms with Crippen molar-refractivity contribution >= 4 is 21.9 Å². The molecule has 32 heavy (non-hydrogen) atoms. The van der Waals surface area contributed by atoms with E-state index in [2.05, 4.69) is 95.2 Å². The molecular weight excluding hydrogens is 396 g/mol. The molecule has 0 radical (unpaired) electrons. The minimum absolute atomic E-state index is 0.0629. The lowest BCUT2D eigenvalue weighted by Gasteiger charge is -2.35. The first-order valence-corrected chi connectivity index (χ1v) is 11.4. The van der Waals surface area contributed by atoms with Gasteiger partial charge in [0.15, 0.2) is 0 Å². The highest BCUT2D eigenvalue weighted by Gasteiger charge is 2.35. The van der Waals surface area contributed by atoms with Crippen LogP contribution in [-0.4, -0.2) is 35.8 Å². The zero-order valence-electron chi connectivity index (χ0n) is 18.8. The van der Waals surface area contributed by atoms with Crippen LogP contribution in [0.5, 0.6) is 0 Å². The molecular formula is C26H28N6. The summed E-state index contributed by atoms with van der Waals surface area (Å²) >= 11 is 0.